The van der Waals surface area contributed by atoms with Gasteiger partial charge in [0.05, 0.1) is 17.0 Å². The molecule has 1 aromatic carbocycles. The minimum atomic E-state index is -0.959. The second kappa shape index (κ2) is 6.89. The summed E-state index contributed by atoms with van der Waals surface area (Å²) in [5.41, 5.74) is 6.44. The van der Waals surface area contributed by atoms with Crippen LogP contribution in [0.4, 0.5) is 16.2 Å². The minimum Gasteiger partial charge on any atom is -0.448 e. The van der Waals surface area contributed by atoms with Crippen LogP contribution >= 0.6 is 0 Å². The third-order valence-corrected chi connectivity index (χ3v) is 2.26. The number of nitro groups is 1. The number of carbonyl (C=O) groups excluding carboxylic acids is 2. The van der Waals surface area contributed by atoms with Gasteiger partial charge in [0.15, 0.2) is 0 Å². The molecule has 0 radical (unpaired) electrons. The number of anilines is 1. The molecule has 1 aromatic rings. The van der Waals surface area contributed by atoms with Gasteiger partial charge < -0.3 is 21.2 Å². The fourth-order valence-corrected chi connectivity index (χ4v) is 1.44. The predicted octanol–water partition coefficient (Wildman–Crippen LogP) is -0.294. The van der Waals surface area contributed by atoms with Crippen molar-refractivity contribution in [3.8, 4) is 0 Å². The van der Waals surface area contributed by atoms with Gasteiger partial charge in [0, 0.05) is 6.07 Å². The highest BCUT2D eigenvalue weighted by Gasteiger charge is 2.20. The number of hydrogen-bond donors (Lipinski definition) is 4. The van der Waals surface area contributed by atoms with Crippen LogP contribution in [0.1, 0.15) is 10.4 Å². The maximum atomic E-state index is 11.8. The van der Waals surface area contributed by atoms with Crippen LogP contribution in [0.3, 0.4) is 0 Å². The molecule has 0 aliphatic carbocycles. The molecule has 10 nitrogen and oxygen atoms in total. The van der Waals surface area contributed by atoms with Gasteiger partial charge in [-0.3, -0.25) is 20.8 Å². The zero-order chi connectivity index (χ0) is 15.1. The highest BCUT2D eigenvalue weighted by molar-refractivity contribution is 6.01. The lowest BCUT2D eigenvalue weighted by Gasteiger charge is -2.09. The number of carbonyl (C=O) groups is 2. The van der Waals surface area contributed by atoms with Crippen LogP contribution < -0.4 is 22.3 Å². The number of nitrogens with zero attached hydrogens (tertiary/aromatic N) is 1. The van der Waals surface area contributed by atoms with Gasteiger partial charge in [0.1, 0.15) is 12.3 Å². The molecule has 0 unspecified atom stereocenters. The number of rotatable bonds is 6. The Morgan fingerprint density at radius 3 is 2.65 bits per heavy atom. The van der Waals surface area contributed by atoms with E-state index in [-0.39, 0.29) is 30.1 Å². The van der Waals surface area contributed by atoms with Crippen LogP contribution in [0.25, 0.3) is 0 Å². The standard InChI is InChI=1S/C10H13N5O5/c11-10(17)20-5-4-13-9(16)6-2-1-3-7(15(18)19)8(6)14-12/h1-3,14H,4-5,12H2,(H2,11,17)(H,13,16). The molecule has 0 saturated carbocycles. The quantitative estimate of drug-likeness (QED) is 0.241. The summed E-state index contributed by atoms with van der Waals surface area (Å²) in [5, 5.41) is 13.2. The van der Waals surface area contributed by atoms with E-state index < -0.39 is 16.9 Å². The number of nitrogens with one attached hydrogen (secondary N) is 2. The van der Waals surface area contributed by atoms with Crippen molar-refractivity contribution < 1.29 is 19.2 Å². The van der Waals surface area contributed by atoms with E-state index in [9.17, 15) is 19.7 Å². The molecule has 0 bridgehead atoms. The second-order valence-electron chi connectivity index (χ2n) is 3.52. The van der Waals surface area contributed by atoms with Gasteiger partial charge in [0.25, 0.3) is 11.6 Å². The van der Waals surface area contributed by atoms with Crippen molar-refractivity contribution in [1.82, 2.24) is 5.32 Å². The van der Waals surface area contributed by atoms with Crippen LogP contribution in [0.5, 0.6) is 0 Å². The molecule has 0 saturated heterocycles. The number of nitrogen functional groups attached to an aromatic ring is 1. The van der Waals surface area contributed by atoms with Crippen LogP contribution in [0.2, 0.25) is 0 Å². The molecule has 0 atom stereocenters. The van der Waals surface area contributed by atoms with Crippen molar-refractivity contribution in [3.63, 3.8) is 0 Å². The SMILES string of the molecule is NNc1c(C(=O)NCCOC(N)=O)cccc1[N+](=O)[O-]. The Labute approximate surface area is 113 Å². The Kier molecular flexibility index (Phi) is 5.23. The smallest absolute Gasteiger partial charge is 0.404 e. The van der Waals surface area contributed by atoms with Gasteiger partial charge in [-0.2, -0.15) is 0 Å². The first-order valence-corrected chi connectivity index (χ1v) is 5.41. The molecular formula is C10H13N5O5. The van der Waals surface area contributed by atoms with Crippen molar-refractivity contribution in [3.05, 3.63) is 33.9 Å². The lowest BCUT2D eigenvalue weighted by molar-refractivity contribution is -0.384. The van der Waals surface area contributed by atoms with E-state index in [1.165, 1.54) is 18.2 Å². The normalized spacial score (nSPS) is 9.65. The molecule has 0 spiro atoms. The van der Waals surface area contributed by atoms with Gasteiger partial charge in [-0.15, -0.1) is 0 Å². The third kappa shape index (κ3) is 3.81. The number of hydrazine groups is 1. The van der Waals surface area contributed by atoms with E-state index in [0.29, 0.717) is 0 Å². The fraction of sp³-hybridized carbons (Fsp3) is 0.200. The summed E-state index contributed by atoms with van der Waals surface area (Å²) < 4.78 is 4.42. The van der Waals surface area contributed by atoms with E-state index in [0.717, 1.165) is 0 Å². The Hall–Kier alpha value is -2.88. The lowest BCUT2D eigenvalue weighted by Crippen LogP contribution is -2.30. The van der Waals surface area contributed by atoms with E-state index >= 15 is 0 Å². The van der Waals surface area contributed by atoms with Gasteiger partial charge in [0.2, 0.25) is 0 Å². The highest BCUT2D eigenvalue weighted by atomic mass is 16.6. The molecule has 10 heteroatoms. The molecule has 0 heterocycles. The summed E-state index contributed by atoms with van der Waals surface area (Å²) in [4.78, 5) is 32.3. The average molecular weight is 283 g/mol. The first kappa shape index (κ1) is 15.2. The summed E-state index contributed by atoms with van der Waals surface area (Å²) in [6.45, 7) is -0.101. The minimum absolute atomic E-state index is 0.000718. The predicted molar refractivity (Wildman–Crippen MR) is 68.8 cm³/mol. The van der Waals surface area contributed by atoms with Gasteiger partial charge in [-0.25, -0.2) is 4.79 Å². The summed E-state index contributed by atoms with van der Waals surface area (Å²) >= 11 is 0. The number of nitrogens with two attached hydrogens (primary N) is 2. The number of para-hydroxylation sites is 1. The monoisotopic (exact) mass is 283 g/mol. The number of nitro benzene ring substituents is 1. The van der Waals surface area contributed by atoms with E-state index in [2.05, 4.69) is 15.5 Å². The Balaban J connectivity index is 2.80. The highest BCUT2D eigenvalue weighted by Crippen LogP contribution is 2.27. The molecule has 0 aromatic heterocycles. The van der Waals surface area contributed by atoms with Crippen LogP contribution in [0.15, 0.2) is 18.2 Å². The number of amides is 2. The summed E-state index contributed by atoms with van der Waals surface area (Å²) in [6.07, 6.45) is -0.959. The molecule has 0 aliphatic heterocycles. The largest absolute Gasteiger partial charge is 0.448 e. The van der Waals surface area contributed by atoms with Gasteiger partial charge >= 0.3 is 6.09 Å². The number of primary amides is 1. The van der Waals surface area contributed by atoms with Crippen molar-refractivity contribution in [2.75, 3.05) is 18.6 Å². The van der Waals surface area contributed by atoms with Crippen molar-refractivity contribution >= 4 is 23.4 Å². The third-order valence-electron chi connectivity index (χ3n) is 2.26. The molecule has 0 fully saturated rings. The number of ether oxygens (including phenoxy) is 1. The maximum absolute atomic E-state index is 11.8. The lowest BCUT2D eigenvalue weighted by atomic mass is 10.1. The molecule has 6 N–H and O–H groups in total. The molecule has 0 aliphatic rings. The average Bonchev–Trinajstić information content (AvgIpc) is 2.42. The van der Waals surface area contributed by atoms with E-state index in [1.807, 2.05) is 0 Å². The van der Waals surface area contributed by atoms with Crippen molar-refractivity contribution in [2.24, 2.45) is 11.6 Å². The van der Waals surface area contributed by atoms with Crippen molar-refractivity contribution in [1.29, 1.82) is 0 Å². The summed E-state index contributed by atoms with van der Waals surface area (Å²) in [7, 11) is 0. The summed E-state index contributed by atoms with van der Waals surface area (Å²) in [5.74, 6) is 4.60. The van der Waals surface area contributed by atoms with Crippen LogP contribution in [-0.4, -0.2) is 30.1 Å². The zero-order valence-corrected chi connectivity index (χ0v) is 10.3. The molecule has 2 amide bonds. The Morgan fingerprint density at radius 2 is 2.10 bits per heavy atom. The fourth-order valence-electron chi connectivity index (χ4n) is 1.44. The Morgan fingerprint density at radius 1 is 1.40 bits per heavy atom. The van der Waals surface area contributed by atoms with Crippen molar-refractivity contribution in [2.45, 2.75) is 0 Å². The first-order chi connectivity index (χ1) is 9.47. The first-order valence-electron chi connectivity index (χ1n) is 5.41. The topological polar surface area (TPSA) is 163 Å². The number of benzene rings is 1. The molecule has 108 valence electrons. The van der Waals surface area contributed by atoms with Crippen LogP contribution in [0, 0.1) is 10.1 Å². The molecular weight excluding hydrogens is 270 g/mol. The van der Waals surface area contributed by atoms with Crippen LogP contribution in [-0.2, 0) is 4.74 Å². The van der Waals surface area contributed by atoms with E-state index in [4.69, 9.17) is 11.6 Å². The summed E-state index contributed by atoms with van der Waals surface area (Å²) in [6, 6.07) is 3.93. The zero-order valence-electron chi connectivity index (χ0n) is 10.3. The number of hydrogen-bond acceptors (Lipinski definition) is 7. The van der Waals surface area contributed by atoms with E-state index in [1.54, 1.807) is 0 Å². The van der Waals surface area contributed by atoms with Gasteiger partial charge in [-0.1, -0.05) is 6.07 Å². The van der Waals surface area contributed by atoms with Gasteiger partial charge in [-0.05, 0) is 6.07 Å². The Bertz CT molecular complexity index is 533. The molecule has 20 heavy (non-hydrogen) atoms. The molecule has 1 rings (SSSR count). The second-order valence-corrected chi connectivity index (χ2v) is 3.52. The maximum Gasteiger partial charge on any atom is 0.404 e.